The quantitative estimate of drug-likeness (QED) is 0.660. The molecule has 25 heavy (non-hydrogen) atoms. The van der Waals surface area contributed by atoms with Gasteiger partial charge in [-0.25, -0.2) is 0 Å². The Balaban J connectivity index is 1.85. The van der Waals surface area contributed by atoms with Gasteiger partial charge in [0.1, 0.15) is 11.5 Å². The summed E-state index contributed by atoms with van der Waals surface area (Å²) in [5, 5.41) is 2.83. The fourth-order valence-corrected chi connectivity index (χ4v) is 2.11. The summed E-state index contributed by atoms with van der Waals surface area (Å²) in [5.41, 5.74) is 1.68. The summed E-state index contributed by atoms with van der Waals surface area (Å²) in [6, 6.07) is 15.0. The number of anilines is 1. The largest absolute Gasteiger partial charge is 0.494 e. The molecule has 0 radical (unpaired) electrons. The molecule has 0 saturated carbocycles. The summed E-state index contributed by atoms with van der Waals surface area (Å²) in [7, 11) is 0. The standard InChI is InChI=1S/C21H25NO3/c1-3-15-24-19-10-5-17(6-11-19)7-14-21(23)22-18-8-12-20(13-9-18)25-16-4-2/h5-14H,3-4,15-16H2,1-2H3,(H,22,23)/b14-7+. The van der Waals surface area contributed by atoms with Gasteiger partial charge in [0.15, 0.2) is 0 Å². The molecule has 0 aliphatic carbocycles. The maximum atomic E-state index is 12.0. The molecule has 0 fully saturated rings. The highest BCUT2D eigenvalue weighted by atomic mass is 16.5. The lowest BCUT2D eigenvalue weighted by molar-refractivity contribution is -0.111. The lowest BCUT2D eigenvalue weighted by Crippen LogP contribution is -2.07. The lowest BCUT2D eigenvalue weighted by Gasteiger charge is -2.06. The molecular weight excluding hydrogens is 314 g/mol. The van der Waals surface area contributed by atoms with Gasteiger partial charge < -0.3 is 14.8 Å². The van der Waals surface area contributed by atoms with Crippen LogP contribution in [-0.2, 0) is 4.79 Å². The number of hydrogen-bond donors (Lipinski definition) is 1. The average Bonchev–Trinajstić information content (AvgIpc) is 2.65. The molecule has 0 aliphatic rings. The summed E-state index contributed by atoms with van der Waals surface area (Å²) in [4.78, 5) is 12.0. The first-order chi connectivity index (χ1) is 12.2. The van der Waals surface area contributed by atoms with Gasteiger partial charge in [-0.05, 0) is 60.9 Å². The van der Waals surface area contributed by atoms with Crippen molar-refractivity contribution in [1.82, 2.24) is 0 Å². The van der Waals surface area contributed by atoms with Gasteiger partial charge in [-0.3, -0.25) is 4.79 Å². The van der Waals surface area contributed by atoms with Gasteiger partial charge >= 0.3 is 0 Å². The first kappa shape index (κ1) is 18.6. The maximum Gasteiger partial charge on any atom is 0.248 e. The highest BCUT2D eigenvalue weighted by Crippen LogP contribution is 2.16. The molecule has 0 aromatic heterocycles. The number of nitrogens with one attached hydrogen (secondary N) is 1. The van der Waals surface area contributed by atoms with Crippen molar-refractivity contribution < 1.29 is 14.3 Å². The fraction of sp³-hybridized carbons (Fsp3) is 0.286. The predicted octanol–water partition coefficient (Wildman–Crippen LogP) is 4.92. The van der Waals surface area contributed by atoms with Crippen molar-refractivity contribution >= 4 is 17.7 Å². The molecule has 0 atom stereocenters. The van der Waals surface area contributed by atoms with Gasteiger partial charge in [0, 0.05) is 11.8 Å². The molecule has 4 heteroatoms. The minimum Gasteiger partial charge on any atom is -0.494 e. The van der Waals surface area contributed by atoms with Crippen LogP contribution < -0.4 is 14.8 Å². The summed E-state index contributed by atoms with van der Waals surface area (Å²) < 4.78 is 11.1. The smallest absolute Gasteiger partial charge is 0.248 e. The Hall–Kier alpha value is -2.75. The van der Waals surface area contributed by atoms with E-state index in [1.54, 1.807) is 6.08 Å². The number of hydrogen-bond acceptors (Lipinski definition) is 3. The zero-order chi connectivity index (χ0) is 17.9. The van der Waals surface area contributed by atoms with Crippen molar-refractivity contribution in [3.8, 4) is 11.5 Å². The highest BCUT2D eigenvalue weighted by molar-refractivity contribution is 6.01. The molecule has 0 saturated heterocycles. The van der Waals surface area contributed by atoms with Gasteiger partial charge in [0.2, 0.25) is 5.91 Å². The molecule has 0 spiro atoms. The Morgan fingerprint density at radius 2 is 1.40 bits per heavy atom. The number of ether oxygens (including phenoxy) is 2. The van der Waals surface area contributed by atoms with Crippen LogP contribution >= 0.6 is 0 Å². The zero-order valence-electron chi connectivity index (χ0n) is 14.8. The van der Waals surface area contributed by atoms with E-state index in [4.69, 9.17) is 9.47 Å². The van der Waals surface area contributed by atoms with Gasteiger partial charge in [0.05, 0.1) is 13.2 Å². The van der Waals surface area contributed by atoms with Gasteiger partial charge in [-0.2, -0.15) is 0 Å². The van der Waals surface area contributed by atoms with E-state index in [0.717, 1.165) is 35.6 Å². The first-order valence-corrected chi connectivity index (χ1v) is 8.66. The third-order valence-corrected chi connectivity index (χ3v) is 3.37. The molecule has 2 aromatic carbocycles. The van der Waals surface area contributed by atoms with Crippen LogP contribution in [0.1, 0.15) is 32.3 Å². The molecule has 0 bridgehead atoms. The van der Waals surface area contributed by atoms with Crippen LogP contribution in [-0.4, -0.2) is 19.1 Å². The van der Waals surface area contributed by atoms with E-state index < -0.39 is 0 Å². The second-order valence-corrected chi connectivity index (χ2v) is 5.61. The maximum absolute atomic E-state index is 12.0. The molecular formula is C21H25NO3. The van der Waals surface area contributed by atoms with Gasteiger partial charge in [0.25, 0.3) is 0 Å². The lowest BCUT2D eigenvalue weighted by atomic mass is 10.2. The molecule has 0 heterocycles. The van der Waals surface area contributed by atoms with Crippen molar-refractivity contribution in [3.05, 3.63) is 60.2 Å². The van der Waals surface area contributed by atoms with Crippen molar-refractivity contribution in [1.29, 1.82) is 0 Å². The van der Waals surface area contributed by atoms with Crippen molar-refractivity contribution in [3.63, 3.8) is 0 Å². The fourth-order valence-electron chi connectivity index (χ4n) is 2.11. The van der Waals surface area contributed by atoms with E-state index in [9.17, 15) is 4.79 Å². The number of amides is 1. The van der Waals surface area contributed by atoms with Gasteiger partial charge in [-0.1, -0.05) is 26.0 Å². The van der Waals surface area contributed by atoms with E-state index >= 15 is 0 Å². The Morgan fingerprint density at radius 3 is 1.92 bits per heavy atom. The zero-order valence-corrected chi connectivity index (χ0v) is 14.8. The van der Waals surface area contributed by atoms with Crippen molar-refractivity contribution in [2.24, 2.45) is 0 Å². The number of carbonyl (C=O) groups excluding carboxylic acids is 1. The molecule has 132 valence electrons. The van der Waals surface area contributed by atoms with Crippen LogP contribution in [0.3, 0.4) is 0 Å². The Morgan fingerprint density at radius 1 is 0.880 bits per heavy atom. The molecule has 2 rings (SSSR count). The summed E-state index contributed by atoms with van der Waals surface area (Å²) >= 11 is 0. The second-order valence-electron chi connectivity index (χ2n) is 5.61. The van der Waals surface area contributed by atoms with Crippen LogP contribution in [0.2, 0.25) is 0 Å². The second kappa shape index (κ2) is 10.2. The molecule has 1 N–H and O–H groups in total. The first-order valence-electron chi connectivity index (χ1n) is 8.66. The van der Waals surface area contributed by atoms with Crippen molar-refractivity contribution in [2.75, 3.05) is 18.5 Å². The van der Waals surface area contributed by atoms with Crippen LogP contribution in [0.5, 0.6) is 11.5 Å². The summed E-state index contributed by atoms with van der Waals surface area (Å²) in [5.74, 6) is 1.48. The minimum atomic E-state index is -0.173. The van der Waals surface area contributed by atoms with Gasteiger partial charge in [-0.15, -0.1) is 0 Å². The molecule has 0 aliphatic heterocycles. The van der Waals surface area contributed by atoms with Crippen LogP contribution in [0.25, 0.3) is 6.08 Å². The van der Waals surface area contributed by atoms with E-state index in [2.05, 4.69) is 19.2 Å². The van der Waals surface area contributed by atoms with E-state index in [1.165, 1.54) is 6.08 Å². The van der Waals surface area contributed by atoms with E-state index in [1.807, 2.05) is 48.5 Å². The summed E-state index contributed by atoms with van der Waals surface area (Å²) in [6.07, 6.45) is 5.24. The third-order valence-electron chi connectivity index (χ3n) is 3.37. The van der Waals surface area contributed by atoms with E-state index in [0.29, 0.717) is 13.2 Å². The Kier molecular flexibility index (Phi) is 7.57. The van der Waals surface area contributed by atoms with Crippen molar-refractivity contribution in [2.45, 2.75) is 26.7 Å². The molecule has 4 nitrogen and oxygen atoms in total. The van der Waals surface area contributed by atoms with Crippen LogP contribution in [0.4, 0.5) is 5.69 Å². The third kappa shape index (κ3) is 6.71. The number of carbonyl (C=O) groups is 1. The Bertz CT molecular complexity index is 675. The SMILES string of the molecule is CCCOc1ccc(/C=C/C(=O)Nc2ccc(OCCC)cc2)cc1. The number of benzene rings is 2. The minimum absolute atomic E-state index is 0.173. The topological polar surface area (TPSA) is 47.6 Å². The molecule has 0 unspecified atom stereocenters. The molecule has 1 amide bonds. The normalized spacial score (nSPS) is 10.6. The molecule has 2 aromatic rings. The highest BCUT2D eigenvalue weighted by Gasteiger charge is 1.99. The van der Waals surface area contributed by atoms with Crippen LogP contribution in [0.15, 0.2) is 54.6 Å². The summed E-state index contributed by atoms with van der Waals surface area (Å²) in [6.45, 7) is 5.53. The number of rotatable bonds is 9. The van der Waals surface area contributed by atoms with Crippen LogP contribution in [0, 0.1) is 0 Å². The monoisotopic (exact) mass is 339 g/mol. The van der Waals surface area contributed by atoms with E-state index in [-0.39, 0.29) is 5.91 Å². The Labute approximate surface area is 149 Å². The average molecular weight is 339 g/mol. The predicted molar refractivity (Wildman–Crippen MR) is 102 cm³/mol.